The van der Waals surface area contributed by atoms with Gasteiger partial charge in [0.15, 0.2) is 0 Å². The molecule has 5 nitrogen and oxygen atoms in total. The predicted molar refractivity (Wildman–Crippen MR) is 28.7 cm³/mol. The first-order valence-electron chi connectivity index (χ1n) is 2.48. The Morgan fingerprint density at radius 1 is 1.30 bits per heavy atom. The number of carbonyl (C=O) groups is 2. The number of cyclic esters (lactones) is 2. The van der Waals surface area contributed by atoms with E-state index in [0.29, 0.717) is 0 Å². The Kier molecular flexibility index (Phi) is 3.75. The van der Waals surface area contributed by atoms with Crippen LogP contribution >= 0.6 is 0 Å². The van der Waals surface area contributed by atoms with E-state index < -0.39 is 11.9 Å². The molecule has 0 radical (unpaired) electrons. The lowest BCUT2D eigenvalue weighted by Gasteiger charge is -1.79. The average Bonchev–Trinajstić information content (AvgIpc) is 2.17. The smallest absolute Gasteiger partial charge is 0.314 e. The van der Waals surface area contributed by atoms with Crippen LogP contribution in [0.1, 0.15) is 12.8 Å². The Morgan fingerprint density at radius 3 is 1.70 bits per heavy atom. The number of rotatable bonds is 0. The van der Waals surface area contributed by atoms with Gasteiger partial charge in [-0.15, -0.1) is 0 Å². The molecule has 1 heterocycles. The van der Waals surface area contributed by atoms with Gasteiger partial charge in [0.2, 0.25) is 6.08 Å². The van der Waals surface area contributed by atoms with Crippen LogP contribution in [-0.2, 0) is 19.1 Å². The second-order valence-corrected chi connectivity index (χ2v) is 1.45. The van der Waals surface area contributed by atoms with Crippen molar-refractivity contribution in [2.24, 2.45) is 0 Å². The highest BCUT2D eigenvalue weighted by atomic mass is 16.6. The lowest BCUT2D eigenvalue weighted by molar-refractivity contribution is -0.151. The van der Waals surface area contributed by atoms with E-state index in [1.165, 1.54) is 0 Å². The molecule has 10 heavy (non-hydrogen) atoms. The fraction of sp³-hybridized carbons (Fsp3) is 0.400. The van der Waals surface area contributed by atoms with Gasteiger partial charge in [-0.2, -0.15) is 0 Å². The number of nitrogens with one attached hydrogen (secondary N) is 1. The molecule has 1 N–H and O–H groups in total. The molecule has 1 saturated heterocycles. The lowest BCUT2D eigenvalue weighted by Crippen LogP contribution is -1.94. The molecule has 1 aliphatic heterocycles. The summed E-state index contributed by atoms with van der Waals surface area (Å²) >= 11 is 0. The molecule has 0 aromatic heterocycles. The Morgan fingerprint density at radius 2 is 1.60 bits per heavy atom. The molecule has 1 aliphatic rings. The summed E-state index contributed by atoms with van der Waals surface area (Å²) in [6.45, 7) is 0. The molecule has 0 bridgehead atoms. The fourth-order valence-electron chi connectivity index (χ4n) is 0.433. The van der Waals surface area contributed by atoms with Crippen molar-refractivity contribution in [2.75, 3.05) is 0 Å². The SMILES string of the molecule is N=C=O.O=C1CCC(=O)O1. The van der Waals surface area contributed by atoms with Gasteiger partial charge in [-0.05, 0) is 0 Å². The van der Waals surface area contributed by atoms with Gasteiger partial charge in [0.25, 0.3) is 0 Å². The summed E-state index contributed by atoms with van der Waals surface area (Å²) in [4.78, 5) is 28.4. The maximum absolute atomic E-state index is 10.0. The van der Waals surface area contributed by atoms with Crippen LogP contribution in [0, 0.1) is 5.41 Å². The molecule has 0 aliphatic carbocycles. The Bertz CT molecular complexity index is 166. The minimum atomic E-state index is -0.398. The topological polar surface area (TPSA) is 84.3 Å². The van der Waals surface area contributed by atoms with E-state index in [2.05, 4.69) is 4.74 Å². The van der Waals surface area contributed by atoms with Crippen LogP contribution in [0.5, 0.6) is 0 Å². The molecule has 0 saturated carbocycles. The Balaban J connectivity index is 0.000000236. The van der Waals surface area contributed by atoms with E-state index >= 15 is 0 Å². The quantitative estimate of drug-likeness (QED) is 0.219. The summed E-state index contributed by atoms with van der Waals surface area (Å²) in [6.07, 6.45) is 1.28. The normalized spacial score (nSPS) is 14.8. The van der Waals surface area contributed by atoms with Crippen molar-refractivity contribution < 1.29 is 19.1 Å². The fourth-order valence-corrected chi connectivity index (χ4v) is 0.433. The van der Waals surface area contributed by atoms with Crippen LogP contribution in [0.3, 0.4) is 0 Å². The summed E-state index contributed by atoms with van der Waals surface area (Å²) in [5.74, 6) is -0.796. The molecule has 1 rings (SSSR count). The first-order valence-corrected chi connectivity index (χ1v) is 2.48. The van der Waals surface area contributed by atoms with Gasteiger partial charge < -0.3 is 4.74 Å². The third kappa shape index (κ3) is 3.51. The molecule has 0 unspecified atom stereocenters. The number of carbonyl (C=O) groups excluding carboxylic acids is 3. The Labute approximate surface area is 56.5 Å². The maximum atomic E-state index is 10.0. The average molecular weight is 143 g/mol. The highest BCUT2D eigenvalue weighted by Gasteiger charge is 2.19. The highest BCUT2D eigenvalue weighted by Crippen LogP contribution is 2.03. The third-order valence-corrected chi connectivity index (χ3v) is 0.761. The van der Waals surface area contributed by atoms with Gasteiger partial charge in [-0.3, -0.25) is 9.59 Å². The van der Waals surface area contributed by atoms with E-state index in [1.54, 1.807) is 0 Å². The largest absolute Gasteiger partial charge is 0.393 e. The summed E-state index contributed by atoms with van der Waals surface area (Å²) in [7, 11) is 0. The molecule has 5 heteroatoms. The van der Waals surface area contributed by atoms with E-state index in [0.717, 1.165) is 6.08 Å². The number of ether oxygens (including phenoxy) is 1. The van der Waals surface area contributed by atoms with Crippen molar-refractivity contribution in [2.45, 2.75) is 12.8 Å². The van der Waals surface area contributed by atoms with E-state index in [4.69, 9.17) is 10.2 Å². The van der Waals surface area contributed by atoms with Crippen LogP contribution < -0.4 is 0 Å². The number of isocyanates is 1. The standard InChI is InChI=1S/C4H4O3.CHNO/c5-3-1-2-4(6)7-3;2-1-3/h1-2H2;2H. The first-order chi connectivity index (χ1) is 4.70. The number of esters is 2. The Hall–Kier alpha value is -1.48. The molecule has 0 aromatic carbocycles. The molecular weight excluding hydrogens is 138 g/mol. The zero-order valence-corrected chi connectivity index (χ0v) is 5.05. The van der Waals surface area contributed by atoms with Crippen molar-refractivity contribution in [3.05, 3.63) is 0 Å². The number of hydrogen-bond acceptors (Lipinski definition) is 5. The number of hydrogen-bond donors (Lipinski definition) is 1. The summed E-state index contributed by atoms with van der Waals surface area (Å²) in [6, 6.07) is 0. The minimum absolute atomic E-state index is 0.263. The molecular formula is C5H5NO4. The van der Waals surface area contributed by atoms with Crippen molar-refractivity contribution in [1.82, 2.24) is 0 Å². The predicted octanol–water partition coefficient (Wildman–Crippen LogP) is -0.249. The third-order valence-electron chi connectivity index (χ3n) is 0.761. The van der Waals surface area contributed by atoms with Gasteiger partial charge in [-0.1, -0.05) is 0 Å². The van der Waals surface area contributed by atoms with Gasteiger partial charge in [0, 0.05) is 0 Å². The molecule has 0 amide bonds. The molecule has 0 aromatic rings. The summed E-state index contributed by atoms with van der Waals surface area (Å²) < 4.78 is 4.08. The second-order valence-electron chi connectivity index (χ2n) is 1.45. The van der Waals surface area contributed by atoms with Crippen LogP contribution in [0.15, 0.2) is 0 Å². The zero-order valence-electron chi connectivity index (χ0n) is 5.05. The van der Waals surface area contributed by atoms with E-state index in [1.807, 2.05) is 0 Å². The lowest BCUT2D eigenvalue weighted by atomic mass is 10.4. The minimum Gasteiger partial charge on any atom is -0.393 e. The van der Waals surface area contributed by atoms with Crippen molar-refractivity contribution in [1.29, 1.82) is 5.41 Å². The van der Waals surface area contributed by atoms with Crippen LogP contribution in [0.4, 0.5) is 0 Å². The summed E-state index contributed by atoms with van der Waals surface area (Å²) in [5, 5.41) is 5.40. The highest BCUT2D eigenvalue weighted by molar-refractivity contribution is 5.92. The monoisotopic (exact) mass is 143 g/mol. The van der Waals surface area contributed by atoms with Crippen LogP contribution in [-0.4, -0.2) is 18.0 Å². The van der Waals surface area contributed by atoms with E-state index in [9.17, 15) is 9.59 Å². The molecule has 54 valence electrons. The second kappa shape index (κ2) is 4.40. The van der Waals surface area contributed by atoms with Gasteiger partial charge in [0.05, 0.1) is 12.8 Å². The molecule has 0 atom stereocenters. The molecule has 1 fully saturated rings. The van der Waals surface area contributed by atoms with Gasteiger partial charge >= 0.3 is 11.9 Å². The van der Waals surface area contributed by atoms with Crippen molar-refractivity contribution in [3.8, 4) is 0 Å². The maximum Gasteiger partial charge on any atom is 0.314 e. The van der Waals surface area contributed by atoms with Gasteiger partial charge in [-0.25, -0.2) is 10.2 Å². The zero-order chi connectivity index (χ0) is 7.98. The molecule has 0 spiro atoms. The van der Waals surface area contributed by atoms with Gasteiger partial charge in [0.1, 0.15) is 0 Å². The van der Waals surface area contributed by atoms with Crippen LogP contribution in [0.25, 0.3) is 0 Å². The van der Waals surface area contributed by atoms with Crippen molar-refractivity contribution in [3.63, 3.8) is 0 Å². The first kappa shape index (κ1) is 8.52. The van der Waals surface area contributed by atoms with E-state index in [-0.39, 0.29) is 12.8 Å². The summed E-state index contributed by atoms with van der Waals surface area (Å²) in [5.41, 5.74) is 0. The van der Waals surface area contributed by atoms with Crippen LogP contribution in [0.2, 0.25) is 0 Å². The van der Waals surface area contributed by atoms with Crippen molar-refractivity contribution >= 4 is 18.0 Å².